The second-order valence-corrected chi connectivity index (χ2v) is 10.1. The molecule has 3 rings (SSSR count). The molecule has 0 saturated heterocycles. The summed E-state index contributed by atoms with van der Waals surface area (Å²) in [6.45, 7) is 4.75. The lowest BCUT2D eigenvalue weighted by Crippen LogP contribution is -2.08. The Morgan fingerprint density at radius 2 is 1.28 bits per heavy atom. The zero-order chi connectivity index (χ0) is 27.9. The second-order valence-electron chi connectivity index (χ2n) is 10.1. The van der Waals surface area contributed by atoms with E-state index >= 15 is 0 Å². The second kappa shape index (κ2) is 16.7. The monoisotopic (exact) mass is 536 g/mol. The maximum atomic E-state index is 14.8. The molecule has 0 aliphatic carbocycles. The summed E-state index contributed by atoms with van der Waals surface area (Å²) in [5.41, 5.74) is 2.14. The van der Waals surface area contributed by atoms with Crippen molar-refractivity contribution in [3.8, 4) is 22.6 Å². The Balaban J connectivity index is 1.51. The number of unbranched alkanes of at least 4 members (excludes halogenated alkanes) is 9. The normalized spacial score (nSPS) is 11.0. The molecule has 0 atom stereocenters. The Kier molecular flexibility index (Phi) is 13.0. The van der Waals surface area contributed by atoms with Gasteiger partial charge in [0.25, 0.3) is 0 Å². The molecule has 0 amide bonds. The smallest absolute Gasteiger partial charge is 0.343 e. The van der Waals surface area contributed by atoms with Crippen LogP contribution >= 0.6 is 0 Å². The first-order valence-electron chi connectivity index (χ1n) is 14.6. The highest BCUT2D eigenvalue weighted by atomic mass is 19.2. The molecule has 3 aromatic carbocycles. The highest BCUT2D eigenvalue weighted by Crippen LogP contribution is 2.30. The van der Waals surface area contributed by atoms with Gasteiger partial charge in [0.2, 0.25) is 5.82 Å². The quantitative estimate of drug-likeness (QED) is 0.0978. The number of benzene rings is 3. The van der Waals surface area contributed by atoms with E-state index in [0.717, 1.165) is 32.1 Å². The zero-order valence-electron chi connectivity index (χ0n) is 23.4. The molecule has 5 heteroatoms. The van der Waals surface area contributed by atoms with Gasteiger partial charge in [0.05, 0.1) is 12.2 Å². The number of aryl methyl sites for hydroxylation is 1. The molecule has 3 nitrogen and oxygen atoms in total. The van der Waals surface area contributed by atoms with Crippen molar-refractivity contribution in [2.24, 2.45) is 0 Å². The molecule has 210 valence electrons. The van der Waals surface area contributed by atoms with Crippen molar-refractivity contribution in [3.05, 3.63) is 83.4 Å². The Labute approximate surface area is 232 Å². The van der Waals surface area contributed by atoms with Crippen LogP contribution in [0.2, 0.25) is 0 Å². The zero-order valence-corrected chi connectivity index (χ0v) is 23.4. The molecular formula is C34H42F2O3. The van der Waals surface area contributed by atoms with Gasteiger partial charge < -0.3 is 9.47 Å². The molecule has 0 unspecified atom stereocenters. The number of carbonyl (C=O) groups excluding carboxylic acids is 1. The lowest BCUT2D eigenvalue weighted by atomic mass is 10.0. The first-order chi connectivity index (χ1) is 19.0. The average molecular weight is 537 g/mol. The lowest BCUT2D eigenvalue weighted by molar-refractivity contribution is 0.0734. The van der Waals surface area contributed by atoms with Gasteiger partial charge in [-0.1, -0.05) is 95.9 Å². The summed E-state index contributed by atoms with van der Waals surface area (Å²) in [7, 11) is 0. The number of halogens is 2. The van der Waals surface area contributed by atoms with Crippen molar-refractivity contribution in [2.75, 3.05) is 6.61 Å². The fourth-order valence-electron chi connectivity index (χ4n) is 4.54. The van der Waals surface area contributed by atoms with E-state index in [2.05, 4.69) is 13.8 Å². The van der Waals surface area contributed by atoms with Crippen molar-refractivity contribution in [2.45, 2.75) is 90.9 Å². The van der Waals surface area contributed by atoms with Gasteiger partial charge in [-0.2, -0.15) is 4.39 Å². The van der Waals surface area contributed by atoms with Crippen LogP contribution in [0.25, 0.3) is 11.1 Å². The van der Waals surface area contributed by atoms with E-state index in [1.807, 2.05) is 12.1 Å². The van der Waals surface area contributed by atoms with E-state index in [4.69, 9.17) is 9.47 Å². The standard InChI is InChI=1S/C34H42F2O3/c1-3-5-7-9-10-11-13-25-38-31-24-23-30(32(35)33(31)36)27-17-19-28(20-18-27)34(37)39-29-21-15-26(16-22-29)14-12-8-6-4-2/h15-24H,3-14,25H2,1-2H3. The summed E-state index contributed by atoms with van der Waals surface area (Å²) in [5, 5.41) is 0. The molecule has 0 heterocycles. The molecule has 0 aliphatic heterocycles. The van der Waals surface area contributed by atoms with Crippen LogP contribution in [0, 0.1) is 11.6 Å². The predicted molar refractivity (Wildman–Crippen MR) is 155 cm³/mol. The van der Waals surface area contributed by atoms with Crippen LogP contribution in [-0.2, 0) is 6.42 Å². The summed E-state index contributed by atoms with van der Waals surface area (Å²) < 4.78 is 40.5. The van der Waals surface area contributed by atoms with Gasteiger partial charge in [-0.05, 0) is 66.8 Å². The fraction of sp³-hybridized carbons (Fsp3) is 0.441. The number of hydrogen-bond donors (Lipinski definition) is 0. The molecule has 0 bridgehead atoms. The number of hydrogen-bond acceptors (Lipinski definition) is 3. The number of ether oxygens (including phenoxy) is 2. The van der Waals surface area contributed by atoms with Crippen molar-refractivity contribution >= 4 is 5.97 Å². The molecule has 0 aromatic heterocycles. The summed E-state index contributed by atoms with van der Waals surface area (Å²) in [5.74, 6) is -2.06. The highest BCUT2D eigenvalue weighted by Gasteiger charge is 2.17. The number of carbonyl (C=O) groups is 1. The number of rotatable bonds is 17. The summed E-state index contributed by atoms with van der Waals surface area (Å²) in [6, 6.07) is 16.8. The fourth-order valence-corrected chi connectivity index (χ4v) is 4.54. The first-order valence-corrected chi connectivity index (χ1v) is 14.6. The van der Waals surface area contributed by atoms with E-state index in [9.17, 15) is 13.6 Å². The third kappa shape index (κ3) is 9.80. The van der Waals surface area contributed by atoms with Gasteiger partial charge >= 0.3 is 5.97 Å². The van der Waals surface area contributed by atoms with E-state index in [-0.39, 0.29) is 11.3 Å². The third-order valence-corrected chi connectivity index (χ3v) is 6.94. The topological polar surface area (TPSA) is 35.5 Å². The Hall–Kier alpha value is -3.21. The molecule has 0 radical (unpaired) electrons. The minimum absolute atomic E-state index is 0.0746. The van der Waals surface area contributed by atoms with Crippen LogP contribution in [0.3, 0.4) is 0 Å². The van der Waals surface area contributed by atoms with Gasteiger partial charge in [0.1, 0.15) is 5.75 Å². The van der Waals surface area contributed by atoms with Crippen LogP contribution in [0.5, 0.6) is 11.5 Å². The Morgan fingerprint density at radius 3 is 1.95 bits per heavy atom. The molecular weight excluding hydrogens is 494 g/mol. The lowest BCUT2D eigenvalue weighted by Gasteiger charge is -2.11. The minimum Gasteiger partial charge on any atom is -0.490 e. The van der Waals surface area contributed by atoms with Crippen molar-refractivity contribution in [1.82, 2.24) is 0 Å². The van der Waals surface area contributed by atoms with Crippen molar-refractivity contribution in [1.29, 1.82) is 0 Å². The van der Waals surface area contributed by atoms with E-state index in [0.29, 0.717) is 23.5 Å². The van der Waals surface area contributed by atoms with Gasteiger partial charge in [0.15, 0.2) is 11.6 Å². The van der Waals surface area contributed by atoms with Gasteiger partial charge in [-0.3, -0.25) is 0 Å². The molecule has 39 heavy (non-hydrogen) atoms. The average Bonchev–Trinajstić information content (AvgIpc) is 2.96. The van der Waals surface area contributed by atoms with Gasteiger partial charge in [-0.25, -0.2) is 9.18 Å². The van der Waals surface area contributed by atoms with Crippen molar-refractivity contribution in [3.63, 3.8) is 0 Å². The van der Waals surface area contributed by atoms with Crippen LogP contribution in [0.4, 0.5) is 8.78 Å². The van der Waals surface area contributed by atoms with E-state index in [1.165, 1.54) is 62.6 Å². The third-order valence-electron chi connectivity index (χ3n) is 6.94. The van der Waals surface area contributed by atoms with E-state index in [1.54, 1.807) is 36.4 Å². The molecule has 0 spiro atoms. The van der Waals surface area contributed by atoms with Crippen LogP contribution in [0.1, 0.15) is 100 Å². The molecule has 0 N–H and O–H groups in total. The largest absolute Gasteiger partial charge is 0.490 e. The maximum Gasteiger partial charge on any atom is 0.343 e. The Morgan fingerprint density at radius 1 is 0.667 bits per heavy atom. The van der Waals surface area contributed by atoms with Crippen LogP contribution in [0.15, 0.2) is 60.7 Å². The van der Waals surface area contributed by atoms with Crippen molar-refractivity contribution < 1.29 is 23.0 Å². The molecule has 3 aromatic rings. The molecule has 0 saturated carbocycles. The van der Waals surface area contributed by atoms with Gasteiger partial charge in [0, 0.05) is 5.56 Å². The maximum absolute atomic E-state index is 14.8. The predicted octanol–water partition coefficient (Wildman–Crippen LogP) is 10.1. The summed E-state index contributed by atoms with van der Waals surface area (Å²) in [6.07, 6.45) is 13.7. The highest BCUT2D eigenvalue weighted by molar-refractivity contribution is 5.91. The minimum atomic E-state index is -0.993. The summed E-state index contributed by atoms with van der Waals surface area (Å²) >= 11 is 0. The first kappa shape index (κ1) is 30.3. The van der Waals surface area contributed by atoms with Crippen LogP contribution in [-0.4, -0.2) is 12.6 Å². The van der Waals surface area contributed by atoms with Crippen LogP contribution < -0.4 is 9.47 Å². The van der Waals surface area contributed by atoms with Gasteiger partial charge in [-0.15, -0.1) is 0 Å². The molecule has 0 aliphatic rings. The summed E-state index contributed by atoms with van der Waals surface area (Å²) in [4.78, 5) is 12.6. The van der Waals surface area contributed by atoms with E-state index < -0.39 is 17.6 Å². The SMILES string of the molecule is CCCCCCCCCOc1ccc(-c2ccc(C(=O)Oc3ccc(CCCCCC)cc3)cc2)c(F)c1F. The molecule has 0 fully saturated rings. The Bertz CT molecular complexity index is 1140. The number of esters is 1.